The molecule has 0 bridgehead atoms. The van der Waals surface area contributed by atoms with Gasteiger partial charge in [-0.3, -0.25) is 14.3 Å². The fourth-order valence-corrected chi connectivity index (χ4v) is 4.22. The van der Waals surface area contributed by atoms with Crippen molar-refractivity contribution in [2.24, 2.45) is 13.0 Å². The number of hydrogen-bond acceptors (Lipinski definition) is 5. The van der Waals surface area contributed by atoms with Crippen molar-refractivity contribution in [1.29, 1.82) is 0 Å². The number of carboxylic acids is 1. The molecular formula is C17H22N4O3S. The molecule has 0 radical (unpaired) electrons. The lowest BCUT2D eigenvalue weighted by atomic mass is 9.93. The van der Waals surface area contributed by atoms with E-state index in [-0.39, 0.29) is 18.2 Å². The maximum atomic E-state index is 12.9. The van der Waals surface area contributed by atoms with E-state index in [4.69, 9.17) is 5.11 Å². The molecule has 1 amide bonds. The highest BCUT2D eigenvalue weighted by atomic mass is 32.1. The third kappa shape index (κ3) is 4.07. The number of aryl methyl sites for hydroxylation is 2. The largest absolute Gasteiger partial charge is 0.481 e. The maximum Gasteiger partial charge on any atom is 0.303 e. The lowest BCUT2D eigenvalue weighted by molar-refractivity contribution is -0.137. The Hall–Kier alpha value is -2.22. The first-order valence-corrected chi connectivity index (χ1v) is 9.23. The van der Waals surface area contributed by atoms with Gasteiger partial charge in [0.25, 0.3) is 5.91 Å². The van der Waals surface area contributed by atoms with Gasteiger partial charge >= 0.3 is 5.97 Å². The second-order valence-electron chi connectivity index (χ2n) is 6.53. The minimum Gasteiger partial charge on any atom is -0.481 e. The molecule has 2 aromatic rings. The summed E-state index contributed by atoms with van der Waals surface area (Å²) in [4.78, 5) is 30.7. The molecule has 0 unspecified atom stereocenters. The van der Waals surface area contributed by atoms with Gasteiger partial charge in [0.2, 0.25) is 0 Å². The van der Waals surface area contributed by atoms with Crippen molar-refractivity contribution >= 4 is 23.2 Å². The summed E-state index contributed by atoms with van der Waals surface area (Å²) in [6.45, 7) is 3.21. The number of thiazole rings is 1. The SMILES string of the molecule is Cc1nc(-c2cnn(C)c2)sc1C(=O)N1CCC[C@H](CCC(=O)O)C1. The highest BCUT2D eigenvalue weighted by Crippen LogP contribution is 2.30. The summed E-state index contributed by atoms with van der Waals surface area (Å²) in [7, 11) is 1.85. The first-order chi connectivity index (χ1) is 11.9. The van der Waals surface area contributed by atoms with E-state index in [0.29, 0.717) is 17.8 Å². The van der Waals surface area contributed by atoms with Crippen LogP contribution in [0.15, 0.2) is 12.4 Å². The van der Waals surface area contributed by atoms with Gasteiger partial charge in [0.05, 0.1) is 11.9 Å². The summed E-state index contributed by atoms with van der Waals surface area (Å²) in [6, 6.07) is 0. The molecule has 1 aliphatic heterocycles. The van der Waals surface area contributed by atoms with E-state index in [1.807, 2.05) is 25.1 Å². The summed E-state index contributed by atoms with van der Waals surface area (Å²) >= 11 is 1.40. The smallest absolute Gasteiger partial charge is 0.303 e. The molecule has 1 aliphatic rings. The van der Waals surface area contributed by atoms with Crippen molar-refractivity contribution in [2.45, 2.75) is 32.6 Å². The van der Waals surface area contributed by atoms with Crippen molar-refractivity contribution in [1.82, 2.24) is 19.7 Å². The second kappa shape index (κ2) is 7.35. The minimum absolute atomic E-state index is 0.00478. The molecule has 134 valence electrons. The van der Waals surface area contributed by atoms with Gasteiger partial charge in [-0.2, -0.15) is 5.10 Å². The fourth-order valence-electron chi connectivity index (χ4n) is 3.21. The average molecular weight is 362 g/mol. The molecule has 0 saturated carbocycles. The number of carbonyl (C=O) groups is 2. The van der Waals surface area contributed by atoms with Crippen LogP contribution in [-0.2, 0) is 11.8 Å². The predicted molar refractivity (Wildman–Crippen MR) is 94.6 cm³/mol. The molecule has 1 atom stereocenters. The lowest BCUT2D eigenvalue weighted by Crippen LogP contribution is -2.40. The Morgan fingerprint density at radius 2 is 2.24 bits per heavy atom. The Morgan fingerprint density at radius 3 is 2.92 bits per heavy atom. The molecule has 25 heavy (non-hydrogen) atoms. The van der Waals surface area contributed by atoms with E-state index in [0.717, 1.165) is 35.7 Å². The molecule has 1 N–H and O–H groups in total. The van der Waals surface area contributed by atoms with Crippen molar-refractivity contribution in [3.05, 3.63) is 23.0 Å². The van der Waals surface area contributed by atoms with E-state index >= 15 is 0 Å². The van der Waals surface area contributed by atoms with E-state index < -0.39 is 5.97 Å². The number of piperidine rings is 1. The average Bonchev–Trinajstić information content (AvgIpc) is 3.18. The van der Waals surface area contributed by atoms with Gasteiger partial charge in [-0.05, 0) is 32.1 Å². The van der Waals surface area contributed by atoms with Crippen LogP contribution in [0.4, 0.5) is 0 Å². The van der Waals surface area contributed by atoms with Crippen LogP contribution in [0.1, 0.15) is 41.0 Å². The van der Waals surface area contributed by atoms with E-state index in [9.17, 15) is 9.59 Å². The number of aromatic nitrogens is 3. The van der Waals surface area contributed by atoms with Crippen molar-refractivity contribution in [3.63, 3.8) is 0 Å². The molecular weight excluding hydrogens is 340 g/mol. The fraction of sp³-hybridized carbons (Fsp3) is 0.529. The van der Waals surface area contributed by atoms with Crippen LogP contribution in [0.3, 0.4) is 0 Å². The highest BCUT2D eigenvalue weighted by Gasteiger charge is 2.27. The quantitative estimate of drug-likeness (QED) is 0.883. The van der Waals surface area contributed by atoms with Gasteiger partial charge in [0.15, 0.2) is 0 Å². The third-order valence-electron chi connectivity index (χ3n) is 4.52. The molecule has 1 fully saturated rings. The molecule has 0 spiro atoms. The Labute approximate surface area is 150 Å². The molecule has 1 saturated heterocycles. The normalized spacial score (nSPS) is 17.7. The molecule has 7 nitrogen and oxygen atoms in total. The molecule has 2 aromatic heterocycles. The van der Waals surface area contributed by atoms with Crippen LogP contribution in [-0.4, -0.2) is 49.7 Å². The lowest BCUT2D eigenvalue weighted by Gasteiger charge is -2.32. The number of likely N-dealkylation sites (tertiary alicyclic amines) is 1. The van der Waals surface area contributed by atoms with Crippen LogP contribution in [0.25, 0.3) is 10.6 Å². The summed E-state index contributed by atoms with van der Waals surface area (Å²) in [5.41, 5.74) is 1.65. The zero-order valence-electron chi connectivity index (χ0n) is 14.4. The van der Waals surface area contributed by atoms with Gasteiger partial charge < -0.3 is 10.0 Å². The first kappa shape index (κ1) is 17.6. The van der Waals surface area contributed by atoms with Crippen LogP contribution >= 0.6 is 11.3 Å². The van der Waals surface area contributed by atoms with Crippen LogP contribution in [0, 0.1) is 12.8 Å². The third-order valence-corrected chi connectivity index (χ3v) is 5.71. The highest BCUT2D eigenvalue weighted by molar-refractivity contribution is 7.17. The molecule has 8 heteroatoms. The van der Waals surface area contributed by atoms with Crippen LogP contribution < -0.4 is 0 Å². The summed E-state index contributed by atoms with van der Waals surface area (Å²) < 4.78 is 1.71. The van der Waals surface area contributed by atoms with E-state index in [2.05, 4.69) is 10.1 Å². The van der Waals surface area contributed by atoms with Crippen LogP contribution in [0.2, 0.25) is 0 Å². The number of rotatable bonds is 5. The molecule has 3 heterocycles. The zero-order valence-corrected chi connectivity index (χ0v) is 15.3. The number of aliphatic carboxylic acids is 1. The summed E-state index contributed by atoms with van der Waals surface area (Å²) in [5, 5.41) is 13.8. The monoisotopic (exact) mass is 362 g/mol. The Bertz CT molecular complexity index is 783. The van der Waals surface area contributed by atoms with E-state index in [1.54, 1.807) is 10.9 Å². The van der Waals surface area contributed by atoms with Gasteiger partial charge in [-0.15, -0.1) is 11.3 Å². The standard InChI is InChI=1S/C17H22N4O3S/c1-11-15(25-16(19-11)13-8-18-20(2)10-13)17(24)21-7-3-4-12(9-21)5-6-14(22)23/h8,10,12H,3-7,9H2,1-2H3,(H,22,23)/t12-/m1/s1. The maximum absolute atomic E-state index is 12.9. The van der Waals surface area contributed by atoms with Crippen molar-refractivity contribution in [2.75, 3.05) is 13.1 Å². The zero-order chi connectivity index (χ0) is 18.0. The summed E-state index contributed by atoms with van der Waals surface area (Å²) in [6.07, 6.45) is 6.33. The number of carboxylic acid groups (broad SMARTS) is 1. The summed E-state index contributed by atoms with van der Waals surface area (Å²) in [5.74, 6) is -0.507. The minimum atomic E-state index is -0.775. The number of amides is 1. The molecule has 0 aliphatic carbocycles. The number of nitrogens with zero attached hydrogens (tertiary/aromatic N) is 4. The Morgan fingerprint density at radius 1 is 1.44 bits per heavy atom. The predicted octanol–water partition coefficient (Wildman–Crippen LogP) is 2.57. The van der Waals surface area contributed by atoms with Gasteiger partial charge in [0, 0.05) is 38.3 Å². The topological polar surface area (TPSA) is 88.3 Å². The van der Waals surface area contributed by atoms with Crippen molar-refractivity contribution < 1.29 is 14.7 Å². The Kier molecular flexibility index (Phi) is 5.17. The van der Waals surface area contributed by atoms with Gasteiger partial charge in [0.1, 0.15) is 9.88 Å². The number of carbonyl (C=O) groups excluding carboxylic acids is 1. The van der Waals surface area contributed by atoms with Crippen molar-refractivity contribution in [3.8, 4) is 10.6 Å². The van der Waals surface area contributed by atoms with Gasteiger partial charge in [-0.1, -0.05) is 0 Å². The molecule has 3 rings (SSSR count). The van der Waals surface area contributed by atoms with Crippen LogP contribution in [0.5, 0.6) is 0 Å². The molecule has 0 aromatic carbocycles. The second-order valence-corrected chi connectivity index (χ2v) is 7.53. The number of hydrogen-bond donors (Lipinski definition) is 1. The van der Waals surface area contributed by atoms with E-state index in [1.165, 1.54) is 11.3 Å². The van der Waals surface area contributed by atoms with Gasteiger partial charge in [-0.25, -0.2) is 4.98 Å². The Balaban J connectivity index is 1.72. The first-order valence-electron chi connectivity index (χ1n) is 8.41.